The highest BCUT2D eigenvalue weighted by molar-refractivity contribution is 6.04. The van der Waals surface area contributed by atoms with E-state index >= 15 is 0 Å². The second-order valence-electron chi connectivity index (χ2n) is 6.55. The van der Waals surface area contributed by atoms with Crippen LogP contribution in [-0.2, 0) is 0 Å². The minimum atomic E-state index is -0.196. The number of amides is 1. The first kappa shape index (κ1) is 18.1. The number of anilines is 2. The van der Waals surface area contributed by atoms with E-state index in [4.69, 9.17) is 9.47 Å². The number of ether oxygens (including phenoxy) is 2. The standard InChI is InChI=1S/C20H25N3O3/c1-22-8-10-23(11-9-22)17-6-4-16(5-7-17)21-20(24)15-12-18(25-2)14-19(13-15)26-3/h4-7,12-14H,8-11H2,1-3H3,(H,21,24)/p+1. The number of benzene rings is 2. The van der Waals surface area contributed by atoms with Gasteiger partial charge in [0, 0.05) is 23.0 Å². The van der Waals surface area contributed by atoms with E-state index in [1.54, 1.807) is 37.3 Å². The molecule has 1 aliphatic rings. The van der Waals surface area contributed by atoms with Crippen molar-refractivity contribution < 1.29 is 19.2 Å². The molecule has 0 aromatic heterocycles. The summed E-state index contributed by atoms with van der Waals surface area (Å²) in [4.78, 5) is 16.5. The van der Waals surface area contributed by atoms with Gasteiger partial charge in [0.25, 0.3) is 5.91 Å². The van der Waals surface area contributed by atoms with Crippen LogP contribution in [0.4, 0.5) is 11.4 Å². The van der Waals surface area contributed by atoms with E-state index in [1.807, 2.05) is 12.1 Å². The van der Waals surface area contributed by atoms with Crippen LogP contribution in [0.25, 0.3) is 0 Å². The molecule has 0 atom stereocenters. The third kappa shape index (κ3) is 4.26. The molecule has 26 heavy (non-hydrogen) atoms. The molecule has 2 aromatic rings. The number of nitrogens with zero attached hydrogens (tertiary/aromatic N) is 1. The molecule has 138 valence electrons. The molecule has 2 aromatic carbocycles. The Morgan fingerprint density at radius 2 is 1.58 bits per heavy atom. The van der Waals surface area contributed by atoms with Gasteiger partial charge >= 0.3 is 0 Å². The highest BCUT2D eigenvalue weighted by atomic mass is 16.5. The number of piperazine rings is 1. The van der Waals surface area contributed by atoms with Crippen molar-refractivity contribution in [3.63, 3.8) is 0 Å². The first-order chi connectivity index (χ1) is 12.6. The van der Waals surface area contributed by atoms with Gasteiger partial charge in [0.05, 0.1) is 47.4 Å². The third-order valence-electron chi connectivity index (χ3n) is 4.72. The van der Waals surface area contributed by atoms with Crippen LogP contribution in [0, 0.1) is 0 Å². The Balaban J connectivity index is 1.68. The van der Waals surface area contributed by atoms with Crippen molar-refractivity contribution in [2.75, 3.05) is 57.7 Å². The summed E-state index contributed by atoms with van der Waals surface area (Å²) in [6.07, 6.45) is 0. The lowest BCUT2D eigenvalue weighted by Crippen LogP contribution is -3.12. The molecule has 0 unspecified atom stereocenters. The van der Waals surface area contributed by atoms with Gasteiger partial charge in [0.2, 0.25) is 0 Å². The first-order valence-electron chi connectivity index (χ1n) is 8.80. The van der Waals surface area contributed by atoms with Crippen molar-refractivity contribution in [2.45, 2.75) is 0 Å². The Morgan fingerprint density at radius 3 is 2.12 bits per heavy atom. The maximum absolute atomic E-state index is 12.5. The molecule has 1 heterocycles. The molecule has 0 saturated carbocycles. The molecular formula is C20H26N3O3+. The minimum Gasteiger partial charge on any atom is -0.497 e. The molecule has 3 rings (SSSR count). The lowest BCUT2D eigenvalue weighted by molar-refractivity contribution is -0.880. The summed E-state index contributed by atoms with van der Waals surface area (Å²) in [5.41, 5.74) is 2.45. The van der Waals surface area contributed by atoms with Gasteiger partial charge in [0.1, 0.15) is 11.5 Å². The van der Waals surface area contributed by atoms with Gasteiger partial charge in [0.15, 0.2) is 0 Å². The molecule has 0 spiro atoms. The van der Waals surface area contributed by atoms with Crippen LogP contribution < -0.4 is 24.6 Å². The van der Waals surface area contributed by atoms with E-state index < -0.39 is 0 Å². The average Bonchev–Trinajstić information content (AvgIpc) is 2.68. The fourth-order valence-electron chi connectivity index (χ4n) is 3.04. The highest BCUT2D eigenvalue weighted by Gasteiger charge is 2.17. The van der Waals surface area contributed by atoms with Gasteiger partial charge in [-0.15, -0.1) is 0 Å². The lowest BCUT2D eigenvalue weighted by Gasteiger charge is -2.31. The summed E-state index contributed by atoms with van der Waals surface area (Å²) in [7, 11) is 5.35. The number of carbonyl (C=O) groups excluding carboxylic acids is 1. The molecule has 1 saturated heterocycles. The summed E-state index contributed by atoms with van der Waals surface area (Å²) < 4.78 is 10.4. The van der Waals surface area contributed by atoms with Gasteiger partial charge in [-0.25, -0.2) is 0 Å². The third-order valence-corrected chi connectivity index (χ3v) is 4.72. The van der Waals surface area contributed by atoms with Crippen LogP contribution in [-0.4, -0.2) is 53.4 Å². The predicted molar refractivity (Wildman–Crippen MR) is 103 cm³/mol. The number of hydrogen-bond acceptors (Lipinski definition) is 4. The minimum absolute atomic E-state index is 0.196. The Morgan fingerprint density at radius 1 is 1.00 bits per heavy atom. The highest BCUT2D eigenvalue weighted by Crippen LogP contribution is 2.24. The topological polar surface area (TPSA) is 55.2 Å². The second kappa shape index (κ2) is 8.10. The molecule has 0 radical (unpaired) electrons. The predicted octanol–water partition coefficient (Wildman–Crippen LogP) is 1.29. The summed E-state index contributed by atoms with van der Waals surface area (Å²) in [5.74, 6) is 0.974. The van der Waals surface area contributed by atoms with E-state index in [1.165, 1.54) is 5.69 Å². The van der Waals surface area contributed by atoms with Gasteiger partial charge in [-0.1, -0.05) is 0 Å². The van der Waals surface area contributed by atoms with Crippen LogP contribution in [0.5, 0.6) is 11.5 Å². The molecule has 2 N–H and O–H groups in total. The van der Waals surface area contributed by atoms with E-state index in [-0.39, 0.29) is 5.91 Å². The summed E-state index contributed by atoms with van der Waals surface area (Å²) in [5, 5.41) is 2.93. The molecule has 1 fully saturated rings. The number of quaternary nitrogens is 1. The normalized spacial score (nSPS) is 14.8. The second-order valence-corrected chi connectivity index (χ2v) is 6.55. The number of methoxy groups -OCH3 is 2. The number of nitrogens with one attached hydrogen (secondary N) is 2. The van der Waals surface area contributed by atoms with Gasteiger partial charge < -0.3 is 24.6 Å². The fraction of sp³-hybridized carbons (Fsp3) is 0.350. The smallest absolute Gasteiger partial charge is 0.255 e. The van der Waals surface area contributed by atoms with Gasteiger partial charge in [-0.05, 0) is 36.4 Å². The average molecular weight is 356 g/mol. The number of carbonyl (C=O) groups is 1. The maximum Gasteiger partial charge on any atom is 0.255 e. The zero-order valence-electron chi connectivity index (χ0n) is 15.5. The van der Waals surface area contributed by atoms with Crippen LogP contribution in [0.2, 0.25) is 0 Å². The zero-order chi connectivity index (χ0) is 18.5. The van der Waals surface area contributed by atoms with Crippen LogP contribution >= 0.6 is 0 Å². The number of rotatable bonds is 5. The Labute approximate surface area is 154 Å². The van der Waals surface area contributed by atoms with Crippen molar-refractivity contribution >= 4 is 17.3 Å². The van der Waals surface area contributed by atoms with E-state index in [2.05, 4.69) is 29.4 Å². The SMILES string of the molecule is COc1cc(OC)cc(C(=O)Nc2ccc(N3CC[NH+](C)CC3)cc2)c1. The van der Waals surface area contributed by atoms with E-state index in [0.717, 1.165) is 31.9 Å². The Kier molecular flexibility index (Phi) is 5.63. The molecule has 0 bridgehead atoms. The quantitative estimate of drug-likeness (QED) is 0.848. The summed E-state index contributed by atoms with van der Waals surface area (Å²) >= 11 is 0. The maximum atomic E-state index is 12.5. The van der Waals surface area contributed by atoms with Crippen molar-refractivity contribution in [1.29, 1.82) is 0 Å². The number of likely N-dealkylation sites (N-methyl/N-ethyl adjacent to an activating group) is 1. The van der Waals surface area contributed by atoms with Crippen molar-refractivity contribution in [2.24, 2.45) is 0 Å². The molecule has 6 nitrogen and oxygen atoms in total. The zero-order valence-corrected chi connectivity index (χ0v) is 15.5. The van der Waals surface area contributed by atoms with Crippen molar-refractivity contribution in [1.82, 2.24) is 0 Å². The molecule has 0 aliphatic carbocycles. The van der Waals surface area contributed by atoms with E-state index in [0.29, 0.717) is 17.1 Å². The number of hydrogen-bond donors (Lipinski definition) is 2. The van der Waals surface area contributed by atoms with Crippen molar-refractivity contribution in [3.8, 4) is 11.5 Å². The molecule has 1 aliphatic heterocycles. The molecule has 6 heteroatoms. The largest absolute Gasteiger partial charge is 0.497 e. The van der Waals surface area contributed by atoms with Gasteiger partial charge in [-0.2, -0.15) is 0 Å². The van der Waals surface area contributed by atoms with Crippen LogP contribution in [0.1, 0.15) is 10.4 Å². The Hall–Kier alpha value is -2.73. The van der Waals surface area contributed by atoms with E-state index in [9.17, 15) is 4.79 Å². The Bertz CT molecular complexity index is 731. The summed E-state index contributed by atoms with van der Waals surface area (Å²) in [6.45, 7) is 4.41. The lowest BCUT2D eigenvalue weighted by atomic mass is 10.1. The summed E-state index contributed by atoms with van der Waals surface area (Å²) in [6, 6.07) is 13.1. The van der Waals surface area contributed by atoms with Crippen molar-refractivity contribution in [3.05, 3.63) is 48.0 Å². The molecule has 1 amide bonds. The fourth-order valence-corrected chi connectivity index (χ4v) is 3.04. The monoisotopic (exact) mass is 356 g/mol. The molecular weight excluding hydrogens is 330 g/mol. The first-order valence-corrected chi connectivity index (χ1v) is 8.80. The van der Waals surface area contributed by atoms with Crippen LogP contribution in [0.3, 0.4) is 0 Å². The van der Waals surface area contributed by atoms with Crippen LogP contribution in [0.15, 0.2) is 42.5 Å². The van der Waals surface area contributed by atoms with Gasteiger partial charge in [-0.3, -0.25) is 4.79 Å².